The summed E-state index contributed by atoms with van der Waals surface area (Å²) in [5, 5.41) is 0. The molecule has 0 aliphatic heterocycles. The summed E-state index contributed by atoms with van der Waals surface area (Å²) in [6.07, 6.45) is 2.47. The number of aryl methyl sites for hydroxylation is 1. The molecule has 1 saturated carbocycles. The van der Waals surface area contributed by atoms with Crippen molar-refractivity contribution in [3.05, 3.63) is 29.3 Å². The smallest absolute Gasteiger partial charge is 0.240 e. The van der Waals surface area contributed by atoms with Crippen molar-refractivity contribution in [1.82, 2.24) is 4.72 Å². The van der Waals surface area contributed by atoms with Gasteiger partial charge in [0.25, 0.3) is 0 Å². The average Bonchev–Trinajstić information content (AvgIpc) is 3.21. The molecule has 1 aliphatic carbocycles. The van der Waals surface area contributed by atoms with Gasteiger partial charge in [-0.1, -0.05) is 12.1 Å². The molecule has 5 nitrogen and oxygen atoms in total. The molecule has 112 valence electrons. The molecular formula is C14H22N2O3S. The zero-order chi connectivity index (χ0) is 14.6. The number of nitrogens with one attached hydrogen (secondary N) is 1. The summed E-state index contributed by atoms with van der Waals surface area (Å²) in [5.41, 5.74) is 7.17. The molecule has 6 heteroatoms. The minimum Gasteiger partial charge on any atom is -0.380 e. The SMILES string of the molecule is Cc1cc(CN)ccc1S(=O)(=O)NCCOCC1CC1. The highest BCUT2D eigenvalue weighted by Gasteiger charge is 2.21. The topological polar surface area (TPSA) is 81.4 Å². The van der Waals surface area contributed by atoms with Crippen LogP contribution in [0.4, 0.5) is 0 Å². The van der Waals surface area contributed by atoms with E-state index in [1.807, 2.05) is 0 Å². The van der Waals surface area contributed by atoms with E-state index in [4.69, 9.17) is 10.5 Å². The van der Waals surface area contributed by atoms with E-state index in [0.29, 0.717) is 36.1 Å². The summed E-state index contributed by atoms with van der Waals surface area (Å²) >= 11 is 0. The third-order valence-corrected chi connectivity index (χ3v) is 4.97. The Morgan fingerprint density at radius 2 is 2.15 bits per heavy atom. The molecule has 0 heterocycles. The molecule has 0 aromatic heterocycles. The Balaban J connectivity index is 1.88. The Bertz CT molecular complexity index is 554. The Hall–Kier alpha value is -0.950. The van der Waals surface area contributed by atoms with Crippen LogP contribution in [0.1, 0.15) is 24.0 Å². The van der Waals surface area contributed by atoms with E-state index in [-0.39, 0.29) is 0 Å². The van der Waals surface area contributed by atoms with Crippen LogP contribution in [-0.4, -0.2) is 28.2 Å². The maximum Gasteiger partial charge on any atom is 0.240 e. The largest absolute Gasteiger partial charge is 0.380 e. The number of ether oxygens (including phenoxy) is 1. The minimum atomic E-state index is -3.47. The Kier molecular flexibility index (Phi) is 5.15. The van der Waals surface area contributed by atoms with Crippen LogP contribution in [0, 0.1) is 12.8 Å². The van der Waals surface area contributed by atoms with Gasteiger partial charge in [-0.05, 0) is 42.9 Å². The standard InChI is InChI=1S/C14H22N2O3S/c1-11-8-13(9-15)4-5-14(11)20(17,18)16-6-7-19-10-12-2-3-12/h4-5,8,12,16H,2-3,6-7,9-10,15H2,1H3. The fourth-order valence-electron chi connectivity index (χ4n) is 2.00. The van der Waals surface area contributed by atoms with Crippen molar-refractivity contribution in [2.45, 2.75) is 31.2 Å². The lowest BCUT2D eigenvalue weighted by Gasteiger charge is -2.10. The van der Waals surface area contributed by atoms with Gasteiger partial charge >= 0.3 is 0 Å². The van der Waals surface area contributed by atoms with Crippen molar-refractivity contribution < 1.29 is 13.2 Å². The van der Waals surface area contributed by atoms with E-state index in [1.165, 1.54) is 12.8 Å². The number of nitrogens with two attached hydrogens (primary N) is 1. The highest BCUT2D eigenvalue weighted by atomic mass is 32.2. The zero-order valence-electron chi connectivity index (χ0n) is 11.8. The second kappa shape index (κ2) is 6.67. The fraction of sp³-hybridized carbons (Fsp3) is 0.571. The van der Waals surface area contributed by atoms with Gasteiger partial charge in [-0.2, -0.15) is 0 Å². The summed E-state index contributed by atoms with van der Waals surface area (Å²) in [5.74, 6) is 0.692. The second-order valence-electron chi connectivity index (χ2n) is 5.22. The monoisotopic (exact) mass is 298 g/mol. The summed E-state index contributed by atoms with van der Waals surface area (Å²) < 4.78 is 32.3. The van der Waals surface area contributed by atoms with Crippen molar-refractivity contribution in [2.24, 2.45) is 11.7 Å². The molecule has 0 saturated heterocycles. The molecule has 0 unspecified atom stereocenters. The number of hydrogen-bond donors (Lipinski definition) is 2. The van der Waals surface area contributed by atoms with E-state index in [1.54, 1.807) is 25.1 Å². The van der Waals surface area contributed by atoms with Crippen molar-refractivity contribution in [2.75, 3.05) is 19.8 Å². The Morgan fingerprint density at radius 1 is 1.40 bits per heavy atom. The molecule has 20 heavy (non-hydrogen) atoms. The molecule has 1 aromatic rings. The summed E-state index contributed by atoms with van der Waals surface area (Å²) in [4.78, 5) is 0.303. The lowest BCUT2D eigenvalue weighted by molar-refractivity contribution is 0.129. The highest BCUT2D eigenvalue weighted by molar-refractivity contribution is 7.89. The van der Waals surface area contributed by atoms with Crippen LogP contribution >= 0.6 is 0 Å². The molecular weight excluding hydrogens is 276 g/mol. The Morgan fingerprint density at radius 3 is 2.75 bits per heavy atom. The molecule has 0 amide bonds. The van der Waals surface area contributed by atoms with Crippen LogP contribution in [0.2, 0.25) is 0 Å². The van der Waals surface area contributed by atoms with Gasteiger partial charge in [0.05, 0.1) is 11.5 Å². The first-order valence-corrected chi connectivity index (χ1v) is 8.38. The quantitative estimate of drug-likeness (QED) is 0.706. The zero-order valence-corrected chi connectivity index (χ0v) is 12.6. The number of sulfonamides is 1. The molecule has 0 spiro atoms. The average molecular weight is 298 g/mol. The molecule has 1 fully saturated rings. The highest BCUT2D eigenvalue weighted by Crippen LogP contribution is 2.28. The first kappa shape index (κ1) is 15.4. The summed E-state index contributed by atoms with van der Waals surface area (Å²) in [6.45, 7) is 3.63. The van der Waals surface area contributed by atoms with Gasteiger partial charge in [-0.25, -0.2) is 13.1 Å². The summed E-state index contributed by atoms with van der Waals surface area (Å²) in [6, 6.07) is 5.15. The van der Waals surface area contributed by atoms with E-state index in [2.05, 4.69) is 4.72 Å². The molecule has 0 radical (unpaired) electrons. The van der Waals surface area contributed by atoms with Crippen molar-refractivity contribution >= 4 is 10.0 Å². The third kappa shape index (κ3) is 4.28. The van der Waals surface area contributed by atoms with Crippen LogP contribution in [0.15, 0.2) is 23.1 Å². The van der Waals surface area contributed by atoms with E-state index in [0.717, 1.165) is 12.2 Å². The van der Waals surface area contributed by atoms with Gasteiger partial charge in [0.15, 0.2) is 0 Å². The second-order valence-corrected chi connectivity index (χ2v) is 6.96. The van der Waals surface area contributed by atoms with Crippen molar-refractivity contribution in [3.63, 3.8) is 0 Å². The molecule has 1 aromatic carbocycles. The summed E-state index contributed by atoms with van der Waals surface area (Å²) in [7, 11) is -3.47. The molecule has 2 rings (SSSR count). The molecule has 3 N–H and O–H groups in total. The maximum atomic E-state index is 12.2. The Labute approximate surface area is 120 Å². The molecule has 0 bridgehead atoms. The normalized spacial score (nSPS) is 15.5. The molecule has 1 aliphatic rings. The number of rotatable bonds is 8. The molecule has 0 atom stereocenters. The van der Waals surface area contributed by atoms with Crippen LogP contribution in [0.3, 0.4) is 0 Å². The third-order valence-electron chi connectivity index (χ3n) is 3.35. The van der Waals surface area contributed by atoms with Gasteiger partial charge in [0, 0.05) is 19.7 Å². The first-order valence-electron chi connectivity index (χ1n) is 6.90. The first-order chi connectivity index (χ1) is 9.53. The van der Waals surface area contributed by atoms with Gasteiger partial charge in [-0.3, -0.25) is 0 Å². The number of hydrogen-bond acceptors (Lipinski definition) is 4. The number of benzene rings is 1. The van der Waals surface area contributed by atoms with Crippen LogP contribution < -0.4 is 10.5 Å². The maximum absolute atomic E-state index is 12.2. The predicted octanol–water partition coefficient (Wildman–Crippen LogP) is 1.16. The van der Waals surface area contributed by atoms with Gasteiger partial charge < -0.3 is 10.5 Å². The van der Waals surface area contributed by atoms with E-state index in [9.17, 15) is 8.42 Å². The fourth-order valence-corrected chi connectivity index (χ4v) is 3.24. The van der Waals surface area contributed by atoms with Gasteiger partial charge in [0.1, 0.15) is 0 Å². The minimum absolute atomic E-state index is 0.299. The van der Waals surface area contributed by atoms with Crippen LogP contribution in [-0.2, 0) is 21.3 Å². The van der Waals surface area contributed by atoms with Gasteiger partial charge in [0.2, 0.25) is 10.0 Å². The van der Waals surface area contributed by atoms with E-state index < -0.39 is 10.0 Å². The van der Waals surface area contributed by atoms with Crippen molar-refractivity contribution in [3.8, 4) is 0 Å². The lowest BCUT2D eigenvalue weighted by Crippen LogP contribution is -2.28. The van der Waals surface area contributed by atoms with Gasteiger partial charge in [-0.15, -0.1) is 0 Å². The lowest BCUT2D eigenvalue weighted by atomic mass is 10.1. The predicted molar refractivity (Wildman–Crippen MR) is 77.8 cm³/mol. The van der Waals surface area contributed by atoms with E-state index >= 15 is 0 Å². The van der Waals surface area contributed by atoms with Crippen LogP contribution in [0.25, 0.3) is 0 Å². The van der Waals surface area contributed by atoms with Crippen molar-refractivity contribution in [1.29, 1.82) is 0 Å². The van der Waals surface area contributed by atoms with Crippen LogP contribution in [0.5, 0.6) is 0 Å².